The van der Waals surface area contributed by atoms with Gasteiger partial charge in [0.25, 0.3) is 0 Å². The average molecular weight is 1070 g/mol. The normalized spacial score (nSPS) is 14.2. The van der Waals surface area contributed by atoms with Crippen molar-refractivity contribution in [2.24, 2.45) is 0 Å². The van der Waals surface area contributed by atoms with E-state index in [1.807, 2.05) is 47.0 Å². The van der Waals surface area contributed by atoms with Crippen molar-refractivity contribution in [3.05, 3.63) is 336 Å². The van der Waals surface area contributed by atoms with Crippen molar-refractivity contribution in [3.63, 3.8) is 0 Å². The molecule has 2 spiro atoms. The van der Waals surface area contributed by atoms with E-state index in [4.69, 9.17) is 0 Å². The number of rotatable bonds is 4. The maximum atomic E-state index is 2.46. The van der Waals surface area contributed by atoms with Gasteiger partial charge in [-0.25, -0.2) is 0 Å². The zero-order valence-electron chi connectivity index (χ0n) is 42.3. The van der Waals surface area contributed by atoms with Crippen LogP contribution in [-0.4, -0.2) is 0 Å². The molecule has 368 valence electrons. The van der Waals surface area contributed by atoms with Gasteiger partial charge in [0, 0.05) is 39.2 Å². The summed E-state index contributed by atoms with van der Waals surface area (Å²) < 4.78 is 0. The average Bonchev–Trinajstić information content (AvgIpc) is 3.68. The Bertz CT molecular complexity index is 4080. The summed E-state index contributed by atoms with van der Waals surface area (Å²) in [6.45, 7) is 0. The molecular formula is C74H48S4. The maximum Gasteiger partial charge on any atom is 0.0757 e. The predicted octanol–water partition coefficient (Wildman–Crippen LogP) is 20.7. The molecular weight excluding hydrogens is 1020 g/mol. The fourth-order valence-electron chi connectivity index (χ4n) is 12.9. The molecule has 0 nitrogen and oxygen atoms in total. The van der Waals surface area contributed by atoms with Crippen LogP contribution >= 0.6 is 47.0 Å². The molecule has 0 saturated heterocycles. The van der Waals surface area contributed by atoms with Crippen LogP contribution < -0.4 is 0 Å². The molecule has 12 aromatic carbocycles. The fraction of sp³-hybridized carbons (Fsp3) is 0.0270. The first kappa shape index (κ1) is 47.3. The first-order valence-corrected chi connectivity index (χ1v) is 29.8. The van der Waals surface area contributed by atoms with Gasteiger partial charge in [0.1, 0.15) is 0 Å². The van der Waals surface area contributed by atoms with Crippen LogP contribution in [-0.2, 0) is 10.8 Å². The Labute approximate surface area is 473 Å². The molecule has 4 aliphatic rings. The van der Waals surface area contributed by atoms with Gasteiger partial charge in [-0.1, -0.05) is 284 Å². The molecule has 0 aromatic heterocycles. The summed E-state index contributed by atoms with van der Waals surface area (Å²) in [7, 11) is 0. The Hall–Kier alpha value is -7.96. The molecule has 0 aliphatic carbocycles. The molecule has 4 heterocycles. The molecule has 4 aliphatic heterocycles. The van der Waals surface area contributed by atoms with Gasteiger partial charge in [-0.05, 0) is 144 Å². The first-order chi connectivity index (χ1) is 38.7. The Balaban J connectivity index is 0.000000136. The van der Waals surface area contributed by atoms with E-state index in [1.165, 1.54) is 128 Å². The largest absolute Gasteiger partial charge is 0.0894 e. The van der Waals surface area contributed by atoms with Crippen molar-refractivity contribution in [1.29, 1.82) is 0 Å². The Morgan fingerprint density at radius 1 is 0.179 bits per heavy atom. The van der Waals surface area contributed by atoms with Gasteiger partial charge in [0.15, 0.2) is 0 Å². The topological polar surface area (TPSA) is 0 Å². The second kappa shape index (κ2) is 19.5. The first-order valence-electron chi connectivity index (χ1n) is 26.6. The van der Waals surface area contributed by atoms with Crippen molar-refractivity contribution in [3.8, 4) is 44.5 Å². The minimum Gasteiger partial charge on any atom is -0.0894 e. The van der Waals surface area contributed by atoms with Crippen LogP contribution in [0.2, 0.25) is 0 Å². The molecule has 78 heavy (non-hydrogen) atoms. The van der Waals surface area contributed by atoms with Gasteiger partial charge in [0.05, 0.1) is 10.8 Å². The highest BCUT2D eigenvalue weighted by atomic mass is 32.2. The van der Waals surface area contributed by atoms with Gasteiger partial charge >= 0.3 is 0 Å². The van der Waals surface area contributed by atoms with Crippen LogP contribution in [0, 0.1) is 0 Å². The van der Waals surface area contributed by atoms with Crippen molar-refractivity contribution in [2.75, 3.05) is 0 Å². The van der Waals surface area contributed by atoms with Crippen LogP contribution in [0.5, 0.6) is 0 Å². The molecule has 0 fully saturated rings. The number of fused-ring (bicyclic) bond motifs is 16. The minimum atomic E-state index is -0.465. The summed E-state index contributed by atoms with van der Waals surface area (Å²) in [5, 5.41) is 0. The summed E-state index contributed by atoms with van der Waals surface area (Å²) >= 11 is 7.61. The third-order valence-electron chi connectivity index (χ3n) is 16.0. The predicted molar refractivity (Wildman–Crippen MR) is 328 cm³/mol. The third-order valence-corrected chi connectivity index (χ3v) is 20.6. The standard InChI is InChI=1S/2C37H24S2/c1-3-13-25(14-4-1)27-17-11-23-33-35(27)37(29-19-7-9-21-31(29)38-32-22-10-8-20-30(32)37)36-28(18-12-24-34(36)39-33)26-15-5-2-6-16-26;1-3-12-25(13-4-1)27-22-23-34-31(24-27)37(29-17-7-9-19-32(29)38-33-20-10-8-18-30(33)37)36-28(16-11-21-35(36)39-34)26-14-5-2-6-15-26/h2*1-24H. The zero-order valence-corrected chi connectivity index (χ0v) is 45.6. The lowest BCUT2D eigenvalue weighted by atomic mass is 9.61. The minimum absolute atomic E-state index is 0.439. The molecule has 0 atom stereocenters. The maximum absolute atomic E-state index is 2.46. The molecule has 4 heteroatoms. The van der Waals surface area contributed by atoms with Gasteiger partial charge < -0.3 is 0 Å². The molecule has 0 unspecified atom stereocenters. The van der Waals surface area contributed by atoms with Crippen LogP contribution in [0.3, 0.4) is 0 Å². The van der Waals surface area contributed by atoms with Crippen molar-refractivity contribution in [1.82, 2.24) is 0 Å². The molecule has 12 aromatic rings. The molecule has 0 radical (unpaired) electrons. The van der Waals surface area contributed by atoms with E-state index < -0.39 is 10.8 Å². The van der Waals surface area contributed by atoms with E-state index in [9.17, 15) is 0 Å². The zero-order chi connectivity index (χ0) is 51.6. The number of hydrogen-bond donors (Lipinski definition) is 0. The smallest absolute Gasteiger partial charge is 0.0757 e. The highest BCUT2D eigenvalue weighted by molar-refractivity contribution is 8.00. The highest BCUT2D eigenvalue weighted by Crippen LogP contribution is 2.66. The van der Waals surface area contributed by atoms with Gasteiger partial charge in [-0.15, -0.1) is 0 Å². The van der Waals surface area contributed by atoms with Crippen LogP contribution in [0.1, 0.15) is 44.5 Å². The van der Waals surface area contributed by atoms with Crippen molar-refractivity contribution in [2.45, 2.75) is 50.0 Å². The summed E-state index contributed by atoms with van der Waals surface area (Å²) in [4.78, 5) is 10.6. The second-order valence-electron chi connectivity index (χ2n) is 20.1. The van der Waals surface area contributed by atoms with Crippen molar-refractivity contribution >= 4 is 47.0 Å². The molecule has 0 amide bonds. The molecule has 0 N–H and O–H groups in total. The van der Waals surface area contributed by atoms with E-state index >= 15 is 0 Å². The van der Waals surface area contributed by atoms with Crippen molar-refractivity contribution < 1.29 is 0 Å². The monoisotopic (exact) mass is 1060 g/mol. The molecule has 16 rings (SSSR count). The second-order valence-corrected chi connectivity index (χ2v) is 24.4. The quantitative estimate of drug-likeness (QED) is 0.172. The lowest BCUT2D eigenvalue weighted by Crippen LogP contribution is -2.37. The van der Waals surface area contributed by atoms with E-state index in [0.717, 1.165) is 0 Å². The summed E-state index contributed by atoms with van der Waals surface area (Å²) in [6, 6.07) is 107. The lowest BCUT2D eigenvalue weighted by Gasteiger charge is -2.47. The summed E-state index contributed by atoms with van der Waals surface area (Å²) in [5.41, 5.74) is 20.2. The van der Waals surface area contributed by atoms with Crippen LogP contribution in [0.4, 0.5) is 0 Å². The van der Waals surface area contributed by atoms with E-state index in [0.29, 0.717) is 0 Å². The van der Waals surface area contributed by atoms with Gasteiger partial charge in [0.2, 0.25) is 0 Å². The van der Waals surface area contributed by atoms with E-state index in [-0.39, 0.29) is 0 Å². The van der Waals surface area contributed by atoms with Gasteiger partial charge in [-0.2, -0.15) is 0 Å². The number of hydrogen-bond acceptors (Lipinski definition) is 4. The Morgan fingerprint density at radius 3 is 0.859 bits per heavy atom. The highest BCUT2D eigenvalue weighted by Gasteiger charge is 2.52. The van der Waals surface area contributed by atoms with E-state index in [1.54, 1.807) is 0 Å². The Kier molecular flexibility index (Phi) is 11.8. The van der Waals surface area contributed by atoms with Crippen LogP contribution in [0.15, 0.2) is 330 Å². The number of benzene rings is 12. The summed E-state index contributed by atoms with van der Waals surface area (Å²) in [6.07, 6.45) is 0. The molecule has 0 bridgehead atoms. The third kappa shape index (κ3) is 7.42. The van der Waals surface area contributed by atoms with Gasteiger partial charge in [-0.3, -0.25) is 0 Å². The lowest BCUT2D eigenvalue weighted by molar-refractivity contribution is 0.669. The fourth-order valence-corrected chi connectivity index (χ4v) is 17.7. The molecule has 0 saturated carbocycles. The SMILES string of the molecule is c1ccc(-c2ccc3c(c2)C2(c4ccccc4Sc4ccccc42)c2c(cccc2-c2ccccc2)S3)cc1.c1ccc(-c2cccc3c2C2(c4ccccc4Sc4ccccc42)c2c(cccc2-c2ccccc2)S3)cc1. The summed E-state index contributed by atoms with van der Waals surface area (Å²) in [5.74, 6) is 0. The van der Waals surface area contributed by atoms with E-state index in [2.05, 4.69) is 291 Å². The van der Waals surface area contributed by atoms with Crippen LogP contribution in [0.25, 0.3) is 44.5 Å². The Morgan fingerprint density at radius 2 is 0.462 bits per heavy atom.